The van der Waals surface area contributed by atoms with Gasteiger partial charge >= 0.3 is 5.97 Å². The fourth-order valence-electron chi connectivity index (χ4n) is 2.60. The van der Waals surface area contributed by atoms with Gasteiger partial charge < -0.3 is 19.0 Å². The number of methoxy groups -OCH3 is 1. The molecular weight excluding hydrogens is 332 g/mol. The van der Waals surface area contributed by atoms with Gasteiger partial charge in [0, 0.05) is 0 Å². The minimum absolute atomic E-state index is 0.0329. The minimum atomic E-state index is -0.997. The van der Waals surface area contributed by atoms with E-state index in [-0.39, 0.29) is 13.0 Å². The summed E-state index contributed by atoms with van der Waals surface area (Å²) in [6.45, 7) is 4.09. The Morgan fingerprint density at radius 3 is 2.46 bits per heavy atom. The Morgan fingerprint density at radius 2 is 1.85 bits per heavy atom. The lowest BCUT2D eigenvalue weighted by Gasteiger charge is -2.24. The molecule has 2 aromatic carbocycles. The lowest BCUT2D eigenvalue weighted by atomic mass is 9.81. The van der Waals surface area contributed by atoms with E-state index < -0.39 is 11.4 Å². The first-order valence-corrected chi connectivity index (χ1v) is 8.49. The number of rotatable bonds is 9. The summed E-state index contributed by atoms with van der Waals surface area (Å²) < 4.78 is 16.2. The summed E-state index contributed by atoms with van der Waals surface area (Å²) >= 11 is 0. The molecule has 0 spiro atoms. The second-order valence-electron chi connectivity index (χ2n) is 6.16. The Hall–Kier alpha value is -2.82. The van der Waals surface area contributed by atoms with Crippen molar-refractivity contribution in [2.24, 2.45) is 0 Å². The number of carbonyl (C=O) groups excluding carboxylic acids is 2. The Morgan fingerprint density at radius 1 is 1.12 bits per heavy atom. The van der Waals surface area contributed by atoms with Gasteiger partial charge in [0.2, 0.25) is 0 Å². The lowest BCUT2D eigenvalue weighted by Crippen LogP contribution is -2.28. The summed E-state index contributed by atoms with van der Waals surface area (Å²) in [5.41, 5.74) is 0.692. The average molecular weight is 356 g/mol. The van der Waals surface area contributed by atoms with E-state index in [1.54, 1.807) is 39.2 Å². The van der Waals surface area contributed by atoms with Crippen LogP contribution in [-0.4, -0.2) is 26.0 Å². The maximum atomic E-state index is 11.9. The fraction of sp³-hybridized carbons (Fsp3) is 0.333. The zero-order valence-electron chi connectivity index (χ0n) is 15.4. The topological polar surface area (TPSA) is 61.8 Å². The lowest BCUT2D eigenvalue weighted by molar-refractivity contribution is -0.145. The zero-order chi connectivity index (χ0) is 19.0. The van der Waals surface area contributed by atoms with Crippen LogP contribution in [0.15, 0.2) is 48.5 Å². The van der Waals surface area contributed by atoms with Gasteiger partial charge in [-0.05, 0) is 37.1 Å². The molecule has 2 aromatic rings. The van der Waals surface area contributed by atoms with E-state index in [0.29, 0.717) is 23.7 Å². The van der Waals surface area contributed by atoms with Crippen LogP contribution in [0.3, 0.4) is 0 Å². The van der Waals surface area contributed by atoms with E-state index in [0.717, 1.165) is 11.8 Å². The van der Waals surface area contributed by atoms with Crippen LogP contribution >= 0.6 is 0 Å². The summed E-state index contributed by atoms with van der Waals surface area (Å²) in [7, 11) is 1.56. The van der Waals surface area contributed by atoms with Gasteiger partial charge in [-0.2, -0.15) is 0 Å². The van der Waals surface area contributed by atoms with Crippen LogP contribution in [0.1, 0.15) is 31.4 Å². The van der Waals surface area contributed by atoms with Crippen LogP contribution in [0.5, 0.6) is 11.5 Å². The Labute approximate surface area is 153 Å². The van der Waals surface area contributed by atoms with E-state index >= 15 is 0 Å². The maximum absolute atomic E-state index is 11.9. The fourth-order valence-corrected chi connectivity index (χ4v) is 2.60. The highest BCUT2D eigenvalue weighted by Gasteiger charge is 2.31. The van der Waals surface area contributed by atoms with Crippen LogP contribution < -0.4 is 9.47 Å². The van der Waals surface area contributed by atoms with Gasteiger partial charge in [-0.1, -0.05) is 36.4 Å². The van der Waals surface area contributed by atoms with Crippen molar-refractivity contribution in [1.82, 2.24) is 0 Å². The van der Waals surface area contributed by atoms with Gasteiger partial charge in [-0.3, -0.25) is 4.79 Å². The first-order chi connectivity index (χ1) is 12.5. The number of benzene rings is 2. The van der Waals surface area contributed by atoms with Gasteiger partial charge in [-0.25, -0.2) is 0 Å². The third-order valence-corrected chi connectivity index (χ3v) is 4.14. The number of hydrogen-bond acceptors (Lipinski definition) is 5. The number of aldehydes is 1. The summed E-state index contributed by atoms with van der Waals surface area (Å²) in [6.07, 6.45) is 0.738. The van der Waals surface area contributed by atoms with Crippen molar-refractivity contribution in [3.63, 3.8) is 0 Å². The van der Waals surface area contributed by atoms with Crippen LogP contribution in [0.25, 0.3) is 0 Å². The van der Waals surface area contributed by atoms with Crippen molar-refractivity contribution in [2.45, 2.75) is 32.3 Å². The number of esters is 1. The van der Waals surface area contributed by atoms with E-state index in [4.69, 9.17) is 14.2 Å². The van der Waals surface area contributed by atoms with Crippen molar-refractivity contribution >= 4 is 12.3 Å². The molecule has 138 valence electrons. The van der Waals surface area contributed by atoms with E-state index in [1.807, 2.05) is 30.3 Å². The Bertz CT molecular complexity index is 741. The summed E-state index contributed by atoms with van der Waals surface area (Å²) in [4.78, 5) is 23.6. The summed E-state index contributed by atoms with van der Waals surface area (Å²) in [5, 5.41) is 0. The predicted molar refractivity (Wildman–Crippen MR) is 98.4 cm³/mol. The van der Waals surface area contributed by atoms with E-state index in [9.17, 15) is 9.59 Å². The van der Waals surface area contributed by atoms with Crippen molar-refractivity contribution < 1.29 is 23.8 Å². The smallest absolute Gasteiger partial charge is 0.307 e. The van der Waals surface area contributed by atoms with Crippen LogP contribution in [-0.2, 0) is 26.3 Å². The first-order valence-electron chi connectivity index (χ1n) is 8.49. The molecule has 1 atom stereocenters. The van der Waals surface area contributed by atoms with Gasteiger partial charge in [0.15, 0.2) is 11.5 Å². The average Bonchev–Trinajstić information content (AvgIpc) is 2.67. The molecule has 0 saturated heterocycles. The van der Waals surface area contributed by atoms with Gasteiger partial charge in [-0.15, -0.1) is 0 Å². The van der Waals surface area contributed by atoms with Crippen molar-refractivity contribution in [3.8, 4) is 11.5 Å². The molecule has 0 heterocycles. The molecular formula is C21H24O5. The van der Waals surface area contributed by atoms with Gasteiger partial charge in [0.05, 0.1) is 25.6 Å². The first kappa shape index (κ1) is 19.5. The molecule has 0 aliphatic heterocycles. The number of hydrogen-bond donors (Lipinski definition) is 0. The quantitative estimate of drug-likeness (QED) is 0.507. The van der Waals surface area contributed by atoms with Crippen LogP contribution in [0.2, 0.25) is 0 Å². The molecule has 0 saturated carbocycles. The monoisotopic (exact) mass is 356 g/mol. The van der Waals surface area contributed by atoms with Crippen molar-refractivity contribution in [3.05, 3.63) is 59.7 Å². The third kappa shape index (κ3) is 4.85. The second-order valence-corrected chi connectivity index (χ2v) is 6.16. The molecule has 0 aromatic heterocycles. The molecule has 0 amide bonds. The molecule has 5 nitrogen and oxygen atoms in total. The molecule has 0 radical (unpaired) electrons. The van der Waals surface area contributed by atoms with Gasteiger partial charge in [0.25, 0.3) is 0 Å². The Kier molecular flexibility index (Phi) is 6.78. The maximum Gasteiger partial charge on any atom is 0.307 e. The zero-order valence-corrected chi connectivity index (χ0v) is 15.4. The number of ether oxygens (including phenoxy) is 3. The predicted octanol–water partition coefficient (Wildman–Crippen LogP) is 3.68. The highest BCUT2D eigenvalue weighted by Crippen LogP contribution is 2.35. The largest absolute Gasteiger partial charge is 0.493 e. The molecule has 0 aliphatic carbocycles. The molecule has 5 heteroatoms. The standard InChI is InChI=1S/C21H24O5/c1-4-25-20(23)13-21(2,15-22)17-10-11-18(24-3)19(12-17)26-14-16-8-6-5-7-9-16/h5-12,15H,4,13-14H2,1-3H3. The molecule has 0 fully saturated rings. The molecule has 26 heavy (non-hydrogen) atoms. The summed E-state index contributed by atoms with van der Waals surface area (Å²) in [5.74, 6) is 0.671. The van der Waals surface area contributed by atoms with Crippen molar-refractivity contribution in [1.29, 1.82) is 0 Å². The second kappa shape index (κ2) is 9.04. The highest BCUT2D eigenvalue weighted by atomic mass is 16.5. The van der Waals surface area contributed by atoms with Crippen molar-refractivity contribution in [2.75, 3.05) is 13.7 Å². The SMILES string of the molecule is CCOC(=O)CC(C)(C=O)c1ccc(OC)c(OCc2ccccc2)c1. The molecule has 0 N–H and O–H groups in total. The highest BCUT2D eigenvalue weighted by molar-refractivity contribution is 5.80. The summed E-state index contributed by atoms with van der Waals surface area (Å²) in [6, 6.07) is 15.0. The molecule has 0 aliphatic rings. The normalized spacial score (nSPS) is 12.7. The van der Waals surface area contributed by atoms with E-state index in [2.05, 4.69) is 0 Å². The third-order valence-electron chi connectivity index (χ3n) is 4.14. The Balaban J connectivity index is 2.26. The molecule has 0 bridgehead atoms. The minimum Gasteiger partial charge on any atom is -0.493 e. The van der Waals surface area contributed by atoms with Crippen LogP contribution in [0.4, 0.5) is 0 Å². The van der Waals surface area contributed by atoms with E-state index in [1.165, 1.54) is 0 Å². The van der Waals surface area contributed by atoms with Gasteiger partial charge in [0.1, 0.15) is 12.9 Å². The number of carbonyl (C=O) groups is 2. The van der Waals surface area contributed by atoms with Crippen LogP contribution in [0, 0.1) is 0 Å². The molecule has 1 unspecified atom stereocenters. The molecule has 2 rings (SSSR count).